The summed E-state index contributed by atoms with van der Waals surface area (Å²) in [4.78, 5) is 14.2. The molecule has 0 saturated carbocycles. The second-order valence-corrected chi connectivity index (χ2v) is 6.21. The van der Waals surface area contributed by atoms with Crippen molar-refractivity contribution in [1.82, 2.24) is 4.90 Å². The molecule has 2 aromatic rings. The van der Waals surface area contributed by atoms with Crippen molar-refractivity contribution in [3.8, 4) is 5.75 Å². The van der Waals surface area contributed by atoms with Crippen molar-refractivity contribution in [3.05, 3.63) is 59.2 Å². The van der Waals surface area contributed by atoms with Gasteiger partial charge in [-0.05, 0) is 49.2 Å². The molecule has 2 rings (SSSR count). The van der Waals surface area contributed by atoms with Gasteiger partial charge in [-0.1, -0.05) is 37.3 Å². The lowest BCUT2D eigenvalue weighted by atomic mass is 10.1. The van der Waals surface area contributed by atoms with Gasteiger partial charge >= 0.3 is 6.61 Å². The van der Waals surface area contributed by atoms with E-state index in [-0.39, 0.29) is 18.2 Å². The first-order chi connectivity index (χ1) is 12.4. The molecule has 0 saturated heterocycles. The summed E-state index contributed by atoms with van der Waals surface area (Å²) in [5, 5.41) is 2.98. The van der Waals surface area contributed by atoms with Crippen molar-refractivity contribution in [2.75, 3.05) is 18.9 Å². The lowest BCUT2D eigenvalue weighted by molar-refractivity contribution is -0.117. The van der Waals surface area contributed by atoms with Crippen molar-refractivity contribution < 1.29 is 18.3 Å². The molecular weight excluding hydrogens is 338 g/mol. The molecule has 26 heavy (non-hydrogen) atoms. The fourth-order valence-corrected chi connectivity index (χ4v) is 2.81. The molecule has 0 aliphatic carbocycles. The quantitative estimate of drug-likeness (QED) is 0.764. The average molecular weight is 362 g/mol. The van der Waals surface area contributed by atoms with E-state index in [1.54, 1.807) is 19.2 Å². The van der Waals surface area contributed by atoms with Gasteiger partial charge in [-0.25, -0.2) is 0 Å². The van der Waals surface area contributed by atoms with Gasteiger partial charge in [0.15, 0.2) is 0 Å². The van der Waals surface area contributed by atoms with Gasteiger partial charge in [0.05, 0.1) is 6.54 Å². The van der Waals surface area contributed by atoms with Crippen LogP contribution in [0.15, 0.2) is 42.5 Å². The Morgan fingerprint density at radius 3 is 2.65 bits per heavy atom. The van der Waals surface area contributed by atoms with Crippen molar-refractivity contribution in [2.45, 2.75) is 33.4 Å². The molecule has 0 bridgehead atoms. The number of amides is 1. The maximum atomic E-state index is 12.4. The summed E-state index contributed by atoms with van der Waals surface area (Å²) >= 11 is 0. The number of ether oxygens (including phenoxy) is 1. The van der Waals surface area contributed by atoms with Crippen LogP contribution >= 0.6 is 0 Å². The normalized spacial score (nSPS) is 11.0. The number of nitrogens with zero attached hydrogens (tertiary/aromatic N) is 1. The topological polar surface area (TPSA) is 41.6 Å². The number of para-hydroxylation sites is 1. The predicted molar refractivity (Wildman–Crippen MR) is 98.6 cm³/mol. The lowest BCUT2D eigenvalue weighted by Crippen LogP contribution is -2.30. The summed E-state index contributed by atoms with van der Waals surface area (Å²) in [6, 6.07) is 12.4. The van der Waals surface area contributed by atoms with Crippen LogP contribution in [0.1, 0.15) is 23.6 Å². The van der Waals surface area contributed by atoms with E-state index in [2.05, 4.69) is 10.1 Å². The summed E-state index contributed by atoms with van der Waals surface area (Å²) in [5.41, 5.74) is 3.78. The summed E-state index contributed by atoms with van der Waals surface area (Å²) < 4.78 is 29.0. The van der Waals surface area contributed by atoms with Crippen LogP contribution in [-0.4, -0.2) is 31.0 Å². The van der Waals surface area contributed by atoms with Crippen molar-refractivity contribution in [2.24, 2.45) is 0 Å². The van der Waals surface area contributed by atoms with Crippen molar-refractivity contribution in [1.29, 1.82) is 0 Å². The van der Waals surface area contributed by atoms with Crippen molar-refractivity contribution >= 4 is 11.6 Å². The van der Waals surface area contributed by atoms with Crippen LogP contribution in [0.2, 0.25) is 0 Å². The minimum absolute atomic E-state index is 0.114. The fourth-order valence-electron chi connectivity index (χ4n) is 2.81. The molecule has 0 aliphatic heterocycles. The Kier molecular flexibility index (Phi) is 7.09. The van der Waals surface area contributed by atoms with Gasteiger partial charge in [0, 0.05) is 12.2 Å². The minimum atomic E-state index is -2.85. The average Bonchev–Trinajstić information content (AvgIpc) is 2.56. The molecule has 0 heterocycles. The van der Waals surface area contributed by atoms with Crippen molar-refractivity contribution in [3.63, 3.8) is 0 Å². The SMILES string of the molecule is CCc1cccc(C)c1NC(=O)CN(C)Cc1cccc(OC(F)F)c1. The van der Waals surface area contributed by atoms with Crippen LogP contribution in [0.4, 0.5) is 14.5 Å². The Balaban J connectivity index is 1.96. The first-order valence-corrected chi connectivity index (χ1v) is 8.49. The van der Waals surface area contributed by atoms with Gasteiger partial charge in [0.2, 0.25) is 5.91 Å². The molecule has 0 unspecified atom stereocenters. The highest BCUT2D eigenvalue weighted by atomic mass is 19.3. The molecule has 0 fully saturated rings. The lowest BCUT2D eigenvalue weighted by Gasteiger charge is -2.18. The van der Waals surface area contributed by atoms with Gasteiger partial charge in [-0.2, -0.15) is 8.78 Å². The summed E-state index contributed by atoms with van der Waals surface area (Å²) in [5.74, 6) is -0.000616. The molecule has 1 N–H and O–H groups in total. The number of aryl methyl sites for hydroxylation is 2. The molecule has 4 nitrogen and oxygen atoms in total. The molecule has 6 heteroatoms. The molecule has 0 aromatic heterocycles. The Morgan fingerprint density at radius 2 is 1.96 bits per heavy atom. The van der Waals surface area contributed by atoms with Gasteiger partial charge in [-0.3, -0.25) is 9.69 Å². The Hall–Kier alpha value is -2.47. The van der Waals surface area contributed by atoms with E-state index in [0.29, 0.717) is 6.54 Å². The highest BCUT2D eigenvalue weighted by Crippen LogP contribution is 2.21. The largest absolute Gasteiger partial charge is 0.435 e. The minimum Gasteiger partial charge on any atom is -0.435 e. The maximum absolute atomic E-state index is 12.4. The van der Waals surface area contributed by atoms with E-state index in [0.717, 1.165) is 28.8 Å². The van der Waals surface area contributed by atoms with Crippen LogP contribution in [0, 0.1) is 6.92 Å². The standard InChI is InChI=1S/C20H24F2N2O2/c1-4-16-9-5-7-14(2)19(16)23-18(25)13-24(3)12-15-8-6-10-17(11-15)26-20(21)22/h5-11,20H,4,12-13H2,1-3H3,(H,23,25). The number of anilines is 1. The second-order valence-electron chi connectivity index (χ2n) is 6.21. The zero-order chi connectivity index (χ0) is 19.1. The summed E-state index contributed by atoms with van der Waals surface area (Å²) in [6.07, 6.45) is 0.837. The second kappa shape index (κ2) is 9.29. The van der Waals surface area contributed by atoms with E-state index in [9.17, 15) is 13.6 Å². The smallest absolute Gasteiger partial charge is 0.387 e. The first kappa shape index (κ1) is 19.8. The molecule has 140 valence electrons. The highest BCUT2D eigenvalue weighted by Gasteiger charge is 2.12. The number of carbonyl (C=O) groups excluding carboxylic acids is 1. The van der Waals surface area contributed by atoms with E-state index < -0.39 is 6.61 Å². The van der Waals surface area contributed by atoms with Crippen LogP contribution in [0.3, 0.4) is 0 Å². The van der Waals surface area contributed by atoms with Gasteiger partial charge in [0.25, 0.3) is 0 Å². The van der Waals surface area contributed by atoms with Gasteiger partial charge in [0.1, 0.15) is 5.75 Å². The molecule has 2 aromatic carbocycles. The first-order valence-electron chi connectivity index (χ1n) is 8.49. The number of halogens is 2. The third-order valence-corrected chi connectivity index (χ3v) is 3.99. The number of likely N-dealkylation sites (N-methyl/N-ethyl adjacent to an activating group) is 1. The van der Waals surface area contributed by atoms with Gasteiger partial charge < -0.3 is 10.1 Å². The van der Waals surface area contributed by atoms with E-state index in [1.165, 1.54) is 6.07 Å². The molecular formula is C20H24F2N2O2. The molecule has 0 spiro atoms. The highest BCUT2D eigenvalue weighted by molar-refractivity contribution is 5.93. The van der Waals surface area contributed by atoms with E-state index >= 15 is 0 Å². The maximum Gasteiger partial charge on any atom is 0.387 e. The number of alkyl halides is 2. The van der Waals surface area contributed by atoms with Crippen LogP contribution in [0.25, 0.3) is 0 Å². The van der Waals surface area contributed by atoms with E-state index in [4.69, 9.17) is 0 Å². The Morgan fingerprint density at radius 1 is 1.23 bits per heavy atom. The Bertz CT molecular complexity index is 750. The number of hydrogen-bond donors (Lipinski definition) is 1. The molecule has 0 aliphatic rings. The summed E-state index contributed by atoms with van der Waals surface area (Å²) in [6.45, 7) is 1.80. The number of benzene rings is 2. The molecule has 1 amide bonds. The van der Waals surface area contributed by atoms with Crippen LogP contribution in [-0.2, 0) is 17.8 Å². The predicted octanol–water partition coefficient (Wildman–Crippen LogP) is 4.23. The van der Waals surface area contributed by atoms with Gasteiger partial charge in [-0.15, -0.1) is 0 Å². The number of nitrogens with one attached hydrogen (secondary N) is 1. The third-order valence-electron chi connectivity index (χ3n) is 3.99. The monoisotopic (exact) mass is 362 g/mol. The zero-order valence-electron chi connectivity index (χ0n) is 15.3. The third kappa shape index (κ3) is 5.81. The fraction of sp³-hybridized carbons (Fsp3) is 0.350. The Labute approximate surface area is 152 Å². The van der Waals surface area contributed by atoms with Crippen LogP contribution < -0.4 is 10.1 Å². The molecule has 0 atom stereocenters. The number of carbonyl (C=O) groups is 1. The number of hydrogen-bond acceptors (Lipinski definition) is 3. The zero-order valence-corrected chi connectivity index (χ0v) is 15.3. The number of rotatable bonds is 8. The van der Waals surface area contributed by atoms with E-state index in [1.807, 2.05) is 43.0 Å². The molecule has 0 radical (unpaired) electrons. The van der Waals surface area contributed by atoms with Crippen LogP contribution in [0.5, 0.6) is 5.75 Å². The summed E-state index contributed by atoms with van der Waals surface area (Å²) in [7, 11) is 1.80.